The van der Waals surface area contributed by atoms with Gasteiger partial charge < -0.3 is 39.7 Å². The van der Waals surface area contributed by atoms with Gasteiger partial charge in [-0.05, 0) is 18.6 Å². The van der Waals surface area contributed by atoms with E-state index in [2.05, 4.69) is 11.4 Å². The standard InChI is InChI=1S/C36H36N2O11/c1-17-31(41)22(38-19(15-37)11-18-7-4-3-5-8-18)12-26(48-17)49-24-14-36(46,25(40)16-39)13-21-28(24)35(45)30-29(33(21)43)32(42)20-9-6-10-23(47-2)27(20)34(30)44/h3-10,17,19,22,24,26,31,38-39,41,43,45-46H,11-14,16H2,1-2H3/t17?,19?,22?,24-,26?,31?,36-/m0/s1. The first-order valence-electron chi connectivity index (χ1n) is 15.8. The van der Waals surface area contributed by atoms with Crippen LogP contribution in [0.3, 0.4) is 0 Å². The first kappa shape index (κ1) is 34.2. The van der Waals surface area contributed by atoms with Crippen LogP contribution in [0, 0.1) is 11.3 Å². The summed E-state index contributed by atoms with van der Waals surface area (Å²) < 4.78 is 17.5. The predicted octanol–water partition coefficient (Wildman–Crippen LogP) is 1.77. The summed E-state index contributed by atoms with van der Waals surface area (Å²) in [5.41, 5.74) is -2.91. The first-order chi connectivity index (χ1) is 23.4. The van der Waals surface area contributed by atoms with E-state index in [-0.39, 0.29) is 34.4 Å². The summed E-state index contributed by atoms with van der Waals surface area (Å²) in [6.07, 6.45) is -5.21. The van der Waals surface area contributed by atoms with E-state index >= 15 is 0 Å². The number of aliphatic hydroxyl groups excluding tert-OH is 2. The number of hydrogen-bond donors (Lipinski definition) is 6. The van der Waals surface area contributed by atoms with Crippen LogP contribution < -0.4 is 10.1 Å². The fourth-order valence-corrected chi connectivity index (χ4v) is 7.13. The molecule has 3 aromatic carbocycles. The van der Waals surface area contributed by atoms with Crippen molar-refractivity contribution in [3.8, 4) is 23.3 Å². The number of ketones is 3. The molecule has 0 radical (unpaired) electrons. The summed E-state index contributed by atoms with van der Waals surface area (Å²) >= 11 is 0. The molecule has 0 saturated carbocycles. The van der Waals surface area contributed by atoms with Crippen LogP contribution >= 0.6 is 0 Å². The fraction of sp³-hybridized carbons (Fsp3) is 0.389. The number of aromatic hydroxyl groups is 2. The highest BCUT2D eigenvalue weighted by Crippen LogP contribution is 2.52. The van der Waals surface area contributed by atoms with Crippen molar-refractivity contribution in [1.82, 2.24) is 5.32 Å². The average molecular weight is 673 g/mol. The van der Waals surface area contributed by atoms with E-state index in [1.54, 1.807) is 6.92 Å². The fourth-order valence-electron chi connectivity index (χ4n) is 7.13. The van der Waals surface area contributed by atoms with Crippen LogP contribution in [-0.2, 0) is 27.1 Å². The third-order valence-electron chi connectivity index (χ3n) is 9.61. The number of fused-ring (bicyclic) bond motifs is 3. The number of phenolic OH excluding ortho intramolecular Hbond substituents is 2. The van der Waals surface area contributed by atoms with Crippen molar-refractivity contribution >= 4 is 17.3 Å². The summed E-state index contributed by atoms with van der Waals surface area (Å²) in [6.45, 7) is 0.551. The molecule has 1 heterocycles. The molecular formula is C36H36N2O11. The molecule has 0 aromatic heterocycles. The molecule has 49 heavy (non-hydrogen) atoms. The number of nitrogens with one attached hydrogen (secondary N) is 1. The number of Topliss-reactive ketones (excluding diaryl/α,β-unsaturated/α-hetero) is 1. The van der Waals surface area contributed by atoms with Crippen molar-refractivity contribution < 1.29 is 54.1 Å². The lowest BCUT2D eigenvalue weighted by atomic mass is 9.72. The Labute approximate surface area is 281 Å². The van der Waals surface area contributed by atoms with E-state index in [4.69, 9.17) is 14.2 Å². The van der Waals surface area contributed by atoms with Crippen LogP contribution in [0.15, 0.2) is 48.5 Å². The quantitative estimate of drug-likeness (QED) is 0.140. The van der Waals surface area contributed by atoms with E-state index in [1.807, 2.05) is 30.3 Å². The highest BCUT2D eigenvalue weighted by Gasteiger charge is 2.50. The minimum Gasteiger partial charge on any atom is -0.507 e. The average Bonchev–Trinajstić information content (AvgIpc) is 3.09. The largest absolute Gasteiger partial charge is 0.507 e. The smallest absolute Gasteiger partial charge is 0.202 e. The lowest BCUT2D eigenvalue weighted by molar-refractivity contribution is -0.250. The molecule has 6 N–H and O–H groups in total. The SMILES string of the molecule is COc1cccc2c1C(=O)c1c(O)c3c(c(O)c1C2=O)C[C@@](O)(C(=O)CO)C[C@@H]3OC1CC(NC(C#N)Cc2ccccc2)C(O)C(C)O1. The molecule has 0 bridgehead atoms. The zero-order valence-corrected chi connectivity index (χ0v) is 26.8. The number of methoxy groups -OCH3 is 1. The number of aliphatic hydroxyl groups is 3. The molecule has 6 rings (SSSR count). The van der Waals surface area contributed by atoms with Crippen molar-refractivity contribution in [3.05, 3.63) is 87.5 Å². The third-order valence-corrected chi connectivity index (χ3v) is 9.61. The van der Waals surface area contributed by atoms with Gasteiger partial charge in [-0.2, -0.15) is 5.26 Å². The Morgan fingerprint density at radius 2 is 1.80 bits per heavy atom. The van der Waals surface area contributed by atoms with Crippen molar-refractivity contribution in [2.75, 3.05) is 13.7 Å². The van der Waals surface area contributed by atoms with E-state index < -0.39 is 102 Å². The first-order valence-corrected chi connectivity index (χ1v) is 15.8. The number of carbonyl (C=O) groups excluding carboxylic acids is 3. The van der Waals surface area contributed by atoms with Gasteiger partial charge in [-0.15, -0.1) is 0 Å². The molecule has 13 nitrogen and oxygen atoms in total. The number of rotatable bonds is 9. The topological polar surface area (TPSA) is 216 Å². The van der Waals surface area contributed by atoms with Crippen molar-refractivity contribution in [3.63, 3.8) is 0 Å². The maximum Gasteiger partial charge on any atom is 0.202 e. The summed E-state index contributed by atoms with van der Waals surface area (Å²) in [4.78, 5) is 40.5. The Morgan fingerprint density at radius 3 is 2.47 bits per heavy atom. The summed E-state index contributed by atoms with van der Waals surface area (Å²) in [5, 5.41) is 68.5. The van der Waals surface area contributed by atoms with Gasteiger partial charge in [0.05, 0.1) is 54.2 Å². The molecule has 5 unspecified atom stereocenters. The number of phenols is 2. The van der Waals surface area contributed by atoms with Crippen LogP contribution in [0.4, 0.5) is 0 Å². The predicted molar refractivity (Wildman–Crippen MR) is 170 cm³/mol. The Morgan fingerprint density at radius 1 is 1.08 bits per heavy atom. The van der Waals surface area contributed by atoms with E-state index in [0.29, 0.717) is 6.42 Å². The molecule has 0 spiro atoms. The van der Waals surface area contributed by atoms with Crippen molar-refractivity contribution in [1.29, 1.82) is 5.26 Å². The summed E-state index contributed by atoms with van der Waals surface area (Å²) in [7, 11) is 1.32. The normalized spacial score (nSPS) is 26.6. The Balaban J connectivity index is 1.38. The minimum absolute atomic E-state index is 0.0175. The molecule has 1 fully saturated rings. The van der Waals surface area contributed by atoms with Gasteiger partial charge in [-0.3, -0.25) is 19.7 Å². The summed E-state index contributed by atoms with van der Waals surface area (Å²) in [6, 6.07) is 14.5. The Hall–Kier alpha value is -4.68. The second-order valence-corrected chi connectivity index (χ2v) is 12.6. The van der Waals surface area contributed by atoms with Crippen molar-refractivity contribution in [2.24, 2.45) is 0 Å². The molecule has 0 amide bonds. The second-order valence-electron chi connectivity index (χ2n) is 12.6. The van der Waals surface area contributed by atoms with Gasteiger partial charge in [0.2, 0.25) is 5.78 Å². The number of nitriles is 1. The Kier molecular flexibility index (Phi) is 9.29. The van der Waals surface area contributed by atoms with Crippen molar-refractivity contribution in [2.45, 2.75) is 74.9 Å². The molecule has 13 heteroatoms. The van der Waals surface area contributed by atoms with E-state index in [9.17, 15) is 45.2 Å². The van der Waals surface area contributed by atoms with Gasteiger partial charge in [0.25, 0.3) is 0 Å². The minimum atomic E-state index is -2.30. The van der Waals surface area contributed by atoms with Crippen LogP contribution in [-0.4, -0.2) is 92.8 Å². The number of benzene rings is 3. The summed E-state index contributed by atoms with van der Waals surface area (Å²) in [5.74, 6) is -3.90. The number of carbonyl (C=O) groups is 3. The van der Waals surface area contributed by atoms with Crippen LogP contribution in [0.5, 0.6) is 17.2 Å². The molecule has 7 atom stereocenters. The van der Waals surface area contributed by atoms with Crippen LogP contribution in [0.25, 0.3) is 0 Å². The number of hydrogen-bond acceptors (Lipinski definition) is 13. The highest BCUT2D eigenvalue weighted by molar-refractivity contribution is 6.31. The van der Waals surface area contributed by atoms with Gasteiger partial charge >= 0.3 is 0 Å². The molecule has 3 aliphatic rings. The zero-order chi connectivity index (χ0) is 35.2. The third kappa shape index (κ3) is 5.97. The second kappa shape index (κ2) is 13.3. The van der Waals surface area contributed by atoms with Gasteiger partial charge in [-0.1, -0.05) is 42.5 Å². The maximum absolute atomic E-state index is 13.9. The lowest BCUT2D eigenvalue weighted by Crippen LogP contribution is -2.56. The van der Waals surface area contributed by atoms with Gasteiger partial charge in [0.15, 0.2) is 17.9 Å². The van der Waals surface area contributed by atoms with E-state index in [0.717, 1.165) is 5.56 Å². The van der Waals surface area contributed by atoms with Gasteiger partial charge in [0, 0.05) is 48.4 Å². The molecular weight excluding hydrogens is 636 g/mol. The van der Waals surface area contributed by atoms with Gasteiger partial charge in [-0.25, -0.2) is 0 Å². The number of ether oxygens (including phenoxy) is 3. The molecule has 2 aliphatic carbocycles. The van der Waals surface area contributed by atoms with Crippen LogP contribution in [0.1, 0.15) is 74.4 Å². The van der Waals surface area contributed by atoms with Crippen LogP contribution in [0.2, 0.25) is 0 Å². The van der Waals surface area contributed by atoms with E-state index in [1.165, 1.54) is 25.3 Å². The number of nitrogens with zero attached hydrogens (tertiary/aromatic N) is 1. The molecule has 256 valence electrons. The van der Waals surface area contributed by atoms with Gasteiger partial charge in [0.1, 0.15) is 29.5 Å². The molecule has 1 saturated heterocycles. The highest BCUT2D eigenvalue weighted by atomic mass is 16.7. The lowest BCUT2D eigenvalue weighted by Gasteiger charge is -2.43. The zero-order valence-electron chi connectivity index (χ0n) is 26.8. The molecule has 1 aliphatic heterocycles. The monoisotopic (exact) mass is 672 g/mol. The molecule has 3 aromatic rings. The Bertz CT molecular complexity index is 1860. The maximum atomic E-state index is 13.9.